The number of aryl methyl sites for hydroxylation is 2. The molecule has 0 radical (unpaired) electrons. The topological polar surface area (TPSA) is 59.6 Å². The highest BCUT2D eigenvalue weighted by atomic mass is 32.1. The maximum absolute atomic E-state index is 5.92. The summed E-state index contributed by atoms with van der Waals surface area (Å²) in [4.78, 5) is 0. The Balaban J connectivity index is 2.00. The zero-order chi connectivity index (χ0) is 19.1. The molecule has 0 aliphatic heterocycles. The van der Waals surface area contributed by atoms with Crippen LogP contribution in [0.25, 0.3) is 33.5 Å². The van der Waals surface area contributed by atoms with Crippen LogP contribution in [0.1, 0.15) is 16.7 Å². The molecule has 3 N–H and O–H groups in total. The number of nitrogens with zero attached hydrogens (tertiary/aromatic N) is 2. The van der Waals surface area contributed by atoms with E-state index < -0.39 is 0 Å². The van der Waals surface area contributed by atoms with Crippen molar-refractivity contribution >= 4 is 28.7 Å². The number of hydrogen-bond acceptors (Lipinski definition) is 3. The van der Waals surface area contributed by atoms with E-state index in [9.17, 15) is 0 Å². The van der Waals surface area contributed by atoms with Crippen molar-refractivity contribution in [2.45, 2.75) is 13.8 Å². The van der Waals surface area contributed by atoms with E-state index in [1.165, 1.54) is 0 Å². The van der Waals surface area contributed by atoms with Crippen LogP contribution >= 0.6 is 12.2 Å². The molecule has 4 aromatic rings. The van der Waals surface area contributed by atoms with Gasteiger partial charge in [-0.2, -0.15) is 5.10 Å². The van der Waals surface area contributed by atoms with Gasteiger partial charge in [-0.3, -0.25) is 9.67 Å². The predicted octanol–water partition coefficient (Wildman–Crippen LogP) is 5.30. The van der Waals surface area contributed by atoms with Gasteiger partial charge in [-0.05, 0) is 66.3 Å². The average molecular weight is 372 g/mol. The number of nitrogens with one attached hydrogen (secondary N) is 1. The van der Waals surface area contributed by atoms with Crippen LogP contribution in [0, 0.1) is 18.6 Å². The maximum Gasteiger partial charge on any atom is 0.200 e. The summed E-state index contributed by atoms with van der Waals surface area (Å²) in [7, 11) is 0. The summed E-state index contributed by atoms with van der Waals surface area (Å²) in [6, 6.07) is 18.6. The molecule has 27 heavy (non-hydrogen) atoms. The first-order valence-corrected chi connectivity index (χ1v) is 9.10. The quantitative estimate of drug-likeness (QED) is 0.480. The van der Waals surface area contributed by atoms with Gasteiger partial charge in [-0.15, -0.1) is 0 Å². The van der Waals surface area contributed by atoms with Crippen LogP contribution in [0.2, 0.25) is 0 Å². The Labute approximate surface area is 163 Å². The molecule has 3 aromatic carbocycles. The fourth-order valence-corrected chi connectivity index (χ4v) is 3.74. The van der Waals surface area contributed by atoms with Gasteiger partial charge in [0.1, 0.15) is 0 Å². The van der Waals surface area contributed by atoms with Crippen molar-refractivity contribution in [1.82, 2.24) is 14.8 Å². The van der Waals surface area contributed by atoms with E-state index in [0.29, 0.717) is 10.5 Å². The van der Waals surface area contributed by atoms with Crippen molar-refractivity contribution in [3.8, 4) is 17.1 Å². The molecule has 1 aromatic heterocycles. The Bertz CT molecular complexity index is 1240. The first-order valence-electron chi connectivity index (χ1n) is 8.69. The minimum absolute atomic E-state index is 0.561. The Hall–Kier alpha value is -3.18. The van der Waals surface area contributed by atoms with Crippen LogP contribution in [0.5, 0.6) is 0 Å². The van der Waals surface area contributed by atoms with E-state index in [0.717, 1.165) is 44.5 Å². The van der Waals surface area contributed by atoms with Crippen LogP contribution in [0.4, 0.5) is 0 Å². The third kappa shape index (κ3) is 2.86. The molecule has 0 saturated carbocycles. The van der Waals surface area contributed by atoms with Gasteiger partial charge in [0, 0.05) is 16.6 Å². The van der Waals surface area contributed by atoms with E-state index in [1.807, 2.05) is 36.6 Å². The van der Waals surface area contributed by atoms with Gasteiger partial charge in [0.25, 0.3) is 0 Å². The van der Waals surface area contributed by atoms with Crippen molar-refractivity contribution in [3.63, 3.8) is 0 Å². The number of H-pyrrole nitrogens is 1. The van der Waals surface area contributed by atoms with Gasteiger partial charge in [-0.25, -0.2) is 0 Å². The molecule has 0 amide bonds. The lowest BCUT2D eigenvalue weighted by atomic mass is 9.98. The van der Waals surface area contributed by atoms with Gasteiger partial charge in [0.2, 0.25) is 0 Å². The second-order valence-corrected chi connectivity index (χ2v) is 7.08. The normalized spacial score (nSPS) is 11.0. The van der Waals surface area contributed by atoms with Crippen molar-refractivity contribution in [2.75, 3.05) is 0 Å². The summed E-state index contributed by atoms with van der Waals surface area (Å²) >= 11 is 5.57. The molecule has 0 bridgehead atoms. The first-order chi connectivity index (χ1) is 13.0. The minimum Gasteiger partial charge on any atom is -0.399 e. The fourth-order valence-electron chi connectivity index (χ4n) is 3.51. The number of fused-ring (bicyclic) bond motifs is 1. The molecule has 0 fully saturated rings. The largest absolute Gasteiger partial charge is 0.399 e. The second-order valence-electron chi connectivity index (χ2n) is 6.69. The highest BCUT2D eigenvalue weighted by molar-refractivity contribution is 7.71. The summed E-state index contributed by atoms with van der Waals surface area (Å²) in [5, 5.41) is 9.78. The fraction of sp³-hybridized carbons (Fsp3) is 0.0909. The molecule has 0 saturated heterocycles. The molecule has 134 valence electrons. The molecular formula is C22H20N4S. The highest BCUT2D eigenvalue weighted by Crippen LogP contribution is 2.31. The van der Waals surface area contributed by atoms with Crippen molar-refractivity contribution < 1.29 is 0 Å². The average Bonchev–Trinajstić information content (AvgIpc) is 3.03. The molecule has 4 nitrogen and oxygen atoms in total. The Morgan fingerprint density at radius 1 is 1.07 bits per heavy atom. The lowest BCUT2D eigenvalue weighted by Crippen LogP contribution is -2.03. The lowest BCUT2D eigenvalue weighted by Gasteiger charge is -2.14. The molecule has 5 heteroatoms. The third-order valence-electron chi connectivity index (χ3n) is 4.84. The van der Waals surface area contributed by atoms with Gasteiger partial charge in [-0.1, -0.05) is 43.0 Å². The van der Waals surface area contributed by atoms with Crippen molar-refractivity contribution in [1.29, 1.82) is 0 Å². The van der Waals surface area contributed by atoms with E-state index in [4.69, 9.17) is 18.0 Å². The minimum atomic E-state index is 0.561. The maximum atomic E-state index is 5.92. The van der Waals surface area contributed by atoms with Crippen molar-refractivity contribution in [2.24, 2.45) is 5.73 Å². The molecule has 4 rings (SSSR count). The summed E-state index contributed by atoms with van der Waals surface area (Å²) < 4.78 is 2.56. The van der Waals surface area contributed by atoms with Crippen LogP contribution in [0.3, 0.4) is 0 Å². The Morgan fingerprint density at radius 2 is 1.81 bits per heavy atom. The Kier molecular flexibility index (Phi) is 4.16. The van der Waals surface area contributed by atoms with E-state index in [2.05, 4.69) is 53.2 Å². The lowest BCUT2D eigenvalue weighted by molar-refractivity contribution is 1.04. The Morgan fingerprint density at radius 3 is 2.59 bits per heavy atom. The van der Waals surface area contributed by atoms with Crippen LogP contribution in [-0.2, 0) is 0 Å². The van der Waals surface area contributed by atoms with Crippen LogP contribution in [-0.4, -0.2) is 14.8 Å². The van der Waals surface area contributed by atoms with Crippen LogP contribution in [0.15, 0.2) is 61.2 Å². The summed E-state index contributed by atoms with van der Waals surface area (Å²) in [6.07, 6.45) is 0. The number of hydrogen-bond donors (Lipinski definition) is 2. The number of benzene rings is 3. The van der Waals surface area contributed by atoms with E-state index in [1.54, 1.807) is 0 Å². The number of rotatable bonds is 3. The number of aromatic amines is 1. The first kappa shape index (κ1) is 17.2. The molecule has 0 spiro atoms. The second kappa shape index (κ2) is 6.52. The standard InChI is InChI=1S/C22H20N4S/c1-13-12-19(14(2)11-18(13)15(3)23)21-24-25-22(27)26(21)20-10-6-8-16-7-4-5-9-17(16)20/h4-12H,3,23H2,1-2H3,(H,25,27). The number of aromatic nitrogens is 3. The zero-order valence-corrected chi connectivity index (χ0v) is 16.1. The molecule has 1 heterocycles. The molecule has 0 atom stereocenters. The zero-order valence-electron chi connectivity index (χ0n) is 15.3. The summed E-state index contributed by atoms with van der Waals surface area (Å²) in [6.45, 7) is 7.94. The monoisotopic (exact) mass is 372 g/mol. The third-order valence-corrected chi connectivity index (χ3v) is 5.11. The van der Waals surface area contributed by atoms with Crippen molar-refractivity contribution in [3.05, 3.63) is 82.6 Å². The van der Waals surface area contributed by atoms with E-state index >= 15 is 0 Å². The number of nitrogens with two attached hydrogens (primary N) is 1. The molecule has 0 aliphatic rings. The van der Waals surface area contributed by atoms with Crippen LogP contribution < -0.4 is 5.73 Å². The molecular weight excluding hydrogens is 352 g/mol. The summed E-state index contributed by atoms with van der Waals surface area (Å²) in [5.41, 5.74) is 11.6. The summed E-state index contributed by atoms with van der Waals surface area (Å²) in [5.74, 6) is 0.783. The van der Waals surface area contributed by atoms with Gasteiger partial charge >= 0.3 is 0 Å². The van der Waals surface area contributed by atoms with E-state index in [-0.39, 0.29) is 0 Å². The molecule has 0 aliphatic carbocycles. The van der Waals surface area contributed by atoms with Gasteiger partial charge in [0.05, 0.1) is 5.69 Å². The highest BCUT2D eigenvalue weighted by Gasteiger charge is 2.16. The SMILES string of the molecule is C=C(N)c1cc(C)c(-c2n[nH]c(=S)n2-c2cccc3ccccc23)cc1C. The van der Waals surface area contributed by atoms with Gasteiger partial charge in [0.15, 0.2) is 10.6 Å². The smallest absolute Gasteiger partial charge is 0.200 e. The predicted molar refractivity (Wildman–Crippen MR) is 114 cm³/mol. The molecule has 0 unspecified atom stereocenters. The van der Waals surface area contributed by atoms with Gasteiger partial charge < -0.3 is 5.73 Å².